The summed E-state index contributed by atoms with van der Waals surface area (Å²) in [6, 6.07) is 5.95. The van der Waals surface area contributed by atoms with Gasteiger partial charge in [-0.15, -0.1) is 0 Å². The lowest BCUT2D eigenvalue weighted by Crippen LogP contribution is -2.37. The summed E-state index contributed by atoms with van der Waals surface area (Å²) < 4.78 is 44.2. The number of halogens is 3. The molecule has 0 bridgehead atoms. The van der Waals surface area contributed by atoms with Gasteiger partial charge in [0.1, 0.15) is 11.4 Å². The van der Waals surface area contributed by atoms with Crippen molar-refractivity contribution in [1.29, 1.82) is 0 Å². The Balaban J connectivity index is 1.78. The van der Waals surface area contributed by atoms with E-state index in [2.05, 4.69) is 10.1 Å². The fraction of sp³-hybridized carbons (Fsp3) is 0.389. The summed E-state index contributed by atoms with van der Waals surface area (Å²) in [6.45, 7) is -0.801. The lowest BCUT2D eigenvalue weighted by Gasteiger charge is -2.30. The van der Waals surface area contributed by atoms with E-state index in [1.165, 1.54) is 27.6 Å². The van der Waals surface area contributed by atoms with Gasteiger partial charge in [-0.05, 0) is 25.0 Å². The van der Waals surface area contributed by atoms with Crippen molar-refractivity contribution in [2.45, 2.75) is 24.9 Å². The Labute approximate surface area is 161 Å². The number of rotatable bonds is 3. The Morgan fingerprint density at radius 3 is 2.69 bits per heavy atom. The Kier molecular flexibility index (Phi) is 4.59. The Morgan fingerprint density at radius 2 is 2.03 bits per heavy atom. The summed E-state index contributed by atoms with van der Waals surface area (Å²) in [5, 5.41) is 13.8. The zero-order valence-electron chi connectivity index (χ0n) is 15.1. The van der Waals surface area contributed by atoms with Gasteiger partial charge in [-0.25, -0.2) is 9.31 Å². The van der Waals surface area contributed by atoms with Crippen LogP contribution in [-0.2, 0) is 0 Å². The van der Waals surface area contributed by atoms with Crippen LogP contribution in [0.25, 0.3) is 16.6 Å². The van der Waals surface area contributed by atoms with Crippen LogP contribution in [0.1, 0.15) is 24.5 Å². The zero-order valence-corrected chi connectivity index (χ0v) is 15.1. The largest absolute Gasteiger partial charge is 0.483 e. The van der Waals surface area contributed by atoms with E-state index in [0.29, 0.717) is 42.5 Å². The maximum absolute atomic E-state index is 12.6. The highest BCUT2D eigenvalue weighted by atomic mass is 19.4. The summed E-state index contributed by atoms with van der Waals surface area (Å²) in [7, 11) is 0. The van der Waals surface area contributed by atoms with Crippen LogP contribution in [0.4, 0.5) is 18.0 Å². The molecule has 1 aliphatic heterocycles. The fourth-order valence-electron chi connectivity index (χ4n) is 3.69. The molecule has 0 saturated carbocycles. The van der Waals surface area contributed by atoms with Crippen LogP contribution in [0.2, 0.25) is 0 Å². The Morgan fingerprint density at radius 1 is 1.31 bits per heavy atom. The van der Waals surface area contributed by atoms with Gasteiger partial charge in [-0.3, -0.25) is 4.79 Å². The average molecular weight is 410 g/mol. The minimum atomic E-state index is -4.50. The van der Waals surface area contributed by atoms with Crippen LogP contribution in [0.3, 0.4) is 0 Å². The third kappa shape index (κ3) is 3.71. The molecule has 11 heteroatoms. The topological polar surface area (TPSA) is 99.9 Å². The van der Waals surface area contributed by atoms with Gasteiger partial charge in [0.25, 0.3) is 5.56 Å². The molecule has 3 heterocycles. The number of carboxylic acid groups (broad SMARTS) is 1. The third-order valence-corrected chi connectivity index (χ3v) is 5.00. The van der Waals surface area contributed by atoms with Crippen LogP contribution in [0, 0.1) is 0 Å². The van der Waals surface area contributed by atoms with Crippen molar-refractivity contribution in [2.75, 3.05) is 19.7 Å². The van der Waals surface area contributed by atoms with Gasteiger partial charge in [-0.2, -0.15) is 18.3 Å². The van der Waals surface area contributed by atoms with Gasteiger partial charge in [0.15, 0.2) is 6.61 Å². The smallest absolute Gasteiger partial charge is 0.422 e. The maximum atomic E-state index is 12.6. The van der Waals surface area contributed by atoms with Gasteiger partial charge >= 0.3 is 12.3 Å². The molecule has 0 radical (unpaired) electrons. The number of nitrogens with one attached hydrogen (secondary N) is 1. The van der Waals surface area contributed by atoms with Gasteiger partial charge in [0.05, 0.1) is 16.6 Å². The summed E-state index contributed by atoms with van der Waals surface area (Å²) in [6.07, 6.45) is -4.46. The lowest BCUT2D eigenvalue weighted by molar-refractivity contribution is -0.153. The Hall–Kier alpha value is -3.24. The van der Waals surface area contributed by atoms with E-state index in [1.807, 2.05) is 0 Å². The SMILES string of the molecule is O=C(O)N1CCC(c2cc(=O)[nH]c3c4c(OCC(F)(F)F)cccc4nn23)CC1. The molecule has 1 fully saturated rings. The zero-order chi connectivity index (χ0) is 20.8. The molecule has 0 aliphatic carbocycles. The monoisotopic (exact) mass is 410 g/mol. The van der Waals surface area contributed by atoms with Crippen molar-refractivity contribution >= 4 is 22.6 Å². The van der Waals surface area contributed by atoms with Crippen molar-refractivity contribution in [1.82, 2.24) is 19.5 Å². The summed E-state index contributed by atoms with van der Waals surface area (Å²) in [5.41, 5.74) is 0.809. The molecule has 2 aromatic heterocycles. The first kappa shape index (κ1) is 19.1. The van der Waals surface area contributed by atoms with Crippen LogP contribution >= 0.6 is 0 Å². The van der Waals surface area contributed by atoms with Crippen molar-refractivity contribution in [3.63, 3.8) is 0 Å². The minimum Gasteiger partial charge on any atom is -0.483 e. The Bertz CT molecular complexity index is 1130. The maximum Gasteiger partial charge on any atom is 0.422 e. The molecule has 154 valence electrons. The third-order valence-electron chi connectivity index (χ3n) is 5.00. The first-order chi connectivity index (χ1) is 13.7. The van der Waals surface area contributed by atoms with Crippen molar-refractivity contribution < 1.29 is 27.8 Å². The predicted molar refractivity (Wildman–Crippen MR) is 96.4 cm³/mol. The second-order valence-electron chi connectivity index (χ2n) is 6.92. The second-order valence-corrected chi connectivity index (χ2v) is 6.92. The standard InChI is InChI=1S/C18H17F3N4O4/c19-18(20,21)9-29-13-3-1-2-11-15(13)16-22-14(26)8-12(25(16)23-11)10-4-6-24(7-5-10)17(27)28/h1-3,8,10H,4-7,9H2,(H,22,26)(H,27,28). The number of nitrogens with zero attached hydrogens (tertiary/aromatic N) is 3. The molecule has 0 atom stereocenters. The number of piperidine rings is 1. The van der Waals surface area contributed by atoms with Gasteiger partial charge < -0.3 is 19.7 Å². The highest BCUT2D eigenvalue weighted by Gasteiger charge is 2.30. The van der Waals surface area contributed by atoms with Crippen LogP contribution in [-0.4, -0.2) is 56.6 Å². The van der Waals surface area contributed by atoms with Crippen LogP contribution < -0.4 is 10.3 Å². The predicted octanol–water partition coefficient (Wildman–Crippen LogP) is 2.97. The fourth-order valence-corrected chi connectivity index (χ4v) is 3.69. The lowest BCUT2D eigenvalue weighted by atomic mass is 9.93. The molecule has 8 nitrogen and oxygen atoms in total. The number of alkyl halides is 3. The summed E-state index contributed by atoms with van der Waals surface area (Å²) >= 11 is 0. The summed E-state index contributed by atoms with van der Waals surface area (Å²) in [5.74, 6) is -0.132. The highest BCUT2D eigenvalue weighted by molar-refractivity contribution is 5.97. The van der Waals surface area contributed by atoms with Gasteiger partial charge in [0, 0.05) is 25.1 Å². The van der Waals surface area contributed by atoms with Gasteiger partial charge in [0.2, 0.25) is 0 Å². The van der Waals surface area contributed by atoms with E-state index in [4.69, 9.17) is 9.84 Å². The molecule has 3 aromatic rings. The number of aromatic nitrogens is 3. The van der Waals surface area contributed by atoms with Gasteiger partial charge in [-0.1, -0.05) is 6.07 Å². The molecule has 0 unspecified atom stereocenters. The van der Waals surface area contributed by atoms with E-state index >= 15 is 0 Å². The van der Waals surface area contributed by atoms with Crippen molar-refractivity contribution in [3.05, 3.63) is 40.3 Å². The van der Waals surface area contributed by atoms with Crippen molar-refractivity contribution in [2.24, 2.45) is 0 Å². The summed E-state index contributed by atoms with van der Waals surface area (Å²) in [4.78, 5) is 27.3. The van der Waals surface area contributed by atoms with Crippen LogP contribution in [0.15, 0.2) is 29.1 Å². The van der Waals surface area contributed by atoms with Crippen LogP contribution in [0.5, 0.6) is 5.75 Å². The molecule has 1 aromatic carbocycles. The number of hydrogen-bond donors (Lipinski definition) is 2. The molecule has 29 heavy (non-hydrogen) atoms. The normalized spacial score (nSPS) is 15.9. The van der Waals surface area contributed by atoms with E-state index in [-0.39, 0.29) is 17.3 Å². The molecule has 1 amide bonds. The minimum absolute atomic E-state index is 0.0247. The van der Waals surface area contributed by atoms with E-state index < -0.39 is 24.4 Å². The number of H-pyrrole nitrogens is 1. The number of aromatic amines is 1. The molecule has 0 spiro atoms. The number of ether oxygens (including phenoxy) is 1. The number of likely N-dealkylation sites (tertiary alicyclic amines) is 1. The second kappa shape index (κ2) is 6.98. The highest BCUT2D eigenvalue weighted by Crippen LogP contribution is 2.33. The quantitative estimate of drug-likeness (QED) is 0.692. The number of fused-ring (bicyclic) bond motifs is 3. The molecule has 1 aliphatic rings. The number of benzene rings is 1. The molecule has 1 saturated heterocycles. The molecular weight excluding hydrogens is 393 g/mol. The van der Waals surface area contributed by atoms with E-state index in [1.54, 1.807) is 6.07 Å². The first-order valence-corrected chi connectivity index (χ1v) is 8.95. The molecule has 4 rings (SSSR count). The molecule has 2 N–H and O–H groups in total. The average Bonchev–Trinajstić information content (AvgIpc) is 3.04. The number of amides is 1. The van der Waals surface area contributed by atoms with E-state index in [9.17, 15) is 22.8 Å². The van der Waals surface area contributed by atoms with Crippen molar-refractivity contribution in [3.8, 4) is 5.75 Å². The molecular formula is C18H17F3N4O4. The number of carbonyl (C=O) groups is 1. The number of hydrogen-bond acceptors (Lipinski definition) is 4. The van der Waals surface area contributed by atoms with E-state index in [0.717, 1.165) is 0 Å². The first-order valence-electron chi connectivity index (χ1n) is 8.95.